The Balaban J connectivity index is 1.25. The SMILES string of the molecule is CC(C)c1cncc(CN2CCN(c3cc4c(cc3F)C(=O)N(C3CCC(=O)NC3=O)C4)CC2)c1. The smallest absolute Gasteiger partial charge is 0.255 e. The summed E-state index contributed by atoms with van der Waals surface area (Å²) in [6, 6.07) is 4.55. The largest absolute Gasteiger partial charge is 0.367 e. The maximum absolute atomic E-state index is 15.1. The third-order valence-electron chi connectivity index (χ3n) is 7.19. The Kier molecular flexibility index (Phi) is 6.27. The number of piperidine rings is 1. The van der Waals surface area contributed by atoms with Crippen LogP contribution in [0.2, 0.25) is 0 Å². The molecule has 35 heavy (non-hydrogen) atoms. The van der Waals surface area contributed by atoms with Crippen molar-refractivity contribution in [1.82, 2.24) is 20.1 Å². The van der Waals surface area contributed by atoms with E-state index >= 15 is 4.39 Å². The number of rotatable bonds is 5. The molecule has 0 saturated carbocycles. The van der Waals surface area contributed by atoms with Crippen LogP contribution in [-0.4, -0.2) is 64.7 Å². The Labute approximate surface area is 204 Å². The summed E-state index contributed by atoms with van der Waals surface area (Å²) < 4.78 is 15.1. The minimum atomic E-state index is -0.702. The van der Waals surface area contributed by atoms with Gasteiger partial charge >= 0.3 is 0 Å². The van der Waals surface area contributed by atoms with E-state index in [0.29, 0.717) is 30.3 Å². The predicted molar refractivity (Wildman–Crippen MR) is 128 cm³/mol. The standard InChI is InChI=1S/C26H30FN5O3/c1-16(2)18-9-17(12-28-13-18)14-30-5-7-31(8-6-30)23-10-19-15-32(26(35)20(19)11-21(23)27)22-3-4-24(33)29-25(22)34/h9-13,16,22H,3-8,14-15H2,1-2H3,(H,29,33,34). The molecule has 1 N–H and O–H groups in total. The van der Waals surface area contributed by atoms with Crippen LogP contribution in [-0.2, 0) is 22.7 Å². The Morgan fingerprint density at radius 1 is 1.09 bits per heavy atom. The second-order valence-electron chi connectivity index (χ2n) is 9.91. The summed E-state index contributed by atoms with van der Waals surface area (Å²) in [5.41, 5.74) is 3.91. The van der Waals surface area contributed by atoms with Crippen molar-refractivity contribution >= 4 is 23.4 Å². The van der Waals surface area contributed by atoms with Crippen molar-refractivity contribution in [1.29, 1.82) is 0 Å². The van der Waals surface area contributed by atoms with Crippen molar-refractivity contribution in [2.45, 2.75) is 51.7 Å². The van der Waals surface area contributed by atoms with Gasteiger partial charge in [0.2, 0.25) is 11.8 Å². The monoisotopic (exact) mass is 479 g/mol. The Bertz CT molecular complexity index is 1180. The zero-order valence-corrected chi connectivity index (χ0v) is 20.1. The molecule has 0 bridgehead atoms. The van der Waals surface area contributed by atoms with E-state index in [9.17, 15) is 14.4 Å². The molecule has 1 unspecified atom stereocenters. The second-order valence-corrected chi connectivity index (χ2v) is 9.91. The highest BCUT2D eigenvalue weighted by molar-refractivity contribution is 6.05. The number of halogens is 1. The van der Waals surface area contributed by atoms with E-state index in [0.717, 1.165) is 25.2 Å². The minimum absolute atomic E-state index is 0.193. The van der Waals surface area contributed by atoms with Gasteiger partial charge in [-0.1, -0.05) is 19.9 Å². The average Bonchev–Trinajstić information content (AvgIpc) is 3.14. The molecule has 9 heteroatoms. The Hall–Kier alpha value is -3.33. The van der Waals surface area contributed by atoms with Gasteiger partial charge in [-0.2, -0.15) is 0 Å². The van der Waals surface area contributed by atoms with Crippen LogP contribution in [0.15, 0.2) is 30.6 Å². The molecular formula is C26H30FN5O3. The molecule has 0 spiro atoms. The highest BCUT2D eigenvalue weighted by Gasteiger charge is 2.40. The number of fused-ring (bicyclic) bond motifs is 1. The van der Waals surface area contributed by atoms with E-state index in [1.165, 1.54) is 22.1 Å². The van der Waals surface area contributed by atoms with Crippen LogP contribution < -0.4 is 10.2 Å². The van der Waals surface area contributed by atoms with Crippen LogP contribution in [0.3, 0.4) is 0 Å². The number of imide groups is 1. The van der Waals surface area contributed by atoms with Crippen LogP contribution in [0.1, 0.15) is 59.7 Å². The molecule has 0 aliphatic carbocycles. The summed E-state index contributed by atoms with van der Waals surface area (Å²) in [6.45, 7) is 8.31. The first-order valence-electron chi connectivity index (χ1n) is 12.2. The number of aromatic nitrogens is 1. The lowest BCUT2D eigenvalue weighted by atomic mass is 10.0. The molecule has 1 atom stereocenters. The summed E-state index contributed by atoms with van der Waals surface area (Å²) in [5, 5.41) is 2.30. The summed E-state index contributed by atoms with van der Waals surface area (Å²) in [6.07, 6.45) is 4.30. The molecule has 3 amide bonds. The quantitative estimate of drug-likeness (QED) is 0.663. The van der Waals surface area contributed by atoms with Gasteiger partial charge in [0.1, 0.15) is 11.9 Å². The van der Waals surface area contributed by atoms with Crippen LogP contribution in [0.5, 0.6) is 0 Å². The van der Waals surface area contributed by atoms with Gasteiger partial charge in [-0.05, 0) is 41.2 Å². The molecule has 5 rings (SSSR count). The van der Waals surface area contributed by atoms with E-state index in [1.54, 1.807) is 6.07 Å². The van der Waals surface area contributed by atoms with Crippen LogP contribution in [0.4, 0.5) is 10.1 Å². The predicted octanol–water partition coefficient (Wildman–Crippen LogP) is 2.43. The van der Waals surface area contributed by atoms with E-state index < -0.39 is 17.8 Å². The normalized spacial score (nSPS) is 21.0. The summed E-state index contributed by atoms with van der Waals surface area (Å²) in [4.78, 5) is 46.8. The zero-order chi connectivity index (χ0) is 24.7. The molecule has 2 fully saturated rings. The number of nitrogens with one attached hydrogen (secondary N) is 1. The fourth-order valence-electron chi connectivity index (χ4n) is 5.13. The molecule has 4 heterocycles. The van der Waals surface area contributed by atoms with Gasteiger partial charge in [0.15, 0.2) is 0 Å². The Morgan fingerprint density at radius 3 is 2.57 bits per heavy atom. The first-order chi connectivity index (χ1) is 16.8. The van der Waals surface area contributed by atoms with Crippen molar-refractivity contribution in [3.05, 3.63) is 58.7 Å². The topological polar surface area (TPSA) is 85.8 Å². The minimum Gasteiger partial charge on any atom is -0.367 e. The summed E-state index contributed by atoms with van der Waals surface area (Å²) in [5.74, 6) is -1.15. The molecule has 1 aromatic heterocycles. The van der Waals surface area contributed by atoms with Gasteiger partial charge in [-0.3, -0.25) is 29.6 Å². The molecule has 184 valence electrons. The van der Waals surface area contributed by atoms with Crippen molar-refractivity contribution in [2.75, 3.05) is 31.1 Å². The van der Waals surface area contributed by atoms with E-state index in [1.807, 2.05) is 17.3 Å². The number of pyridine rings is 1. The lowest BCUT2D eigenvalue weighted by Crippen LogP contribution is -2.52. The maximum atomic E-state index is 15.1. The first kappa shape index (κ1) is 23.4. The number of piperazine rings is 1. The third-order valence-corrected chi connectivity index (χ3v) is 7.19. The average molecular weight is 480 g/mol. The van der Waals surface area contributed by atoms with Crippen molar-refractivity contribution in [3.63, 3.8) is 0 Å². The number of benzene rings is 1. The molecule has 2 aromatic rings. The highest BCUT2D eigenvalue weighted by Crippen LogP contribution is 2.33. The number of amides is 3. The number of hydrogen-bond acceptors (Lipinski definition) is 6. The summed E-state index contributed by atoms with van der Waals surface area (Å²) >= 11 is 0. The van der Waals surface area contributed by atoms with Gasteiger partial charge in [0, 0.05) is 63.6 Å². The summed E-state index contributed by atoms with van der Waals surface area (Å²) in [7, 11) is 0. The van der Waals surface area contributed by atoms with Gasteiger partial charge < -0.3 is 9.80 Å². The van der Waals surface area contributed by atoms with E-state index in [4.69, 9.17) is 0 Å². The molecule has 3 aliphatic heterocycles. The molecule has 1 aromatic carbocycles. The van der Waals surface area contributed by atoms with Crippen molar-refractivity contribution in [3.8, 4) is 0 Å². The maximum Gasteiger partial charge on any atom is 0.255 e. The number of carbonyl (C=O) groups excluding carboxylic acids is 3. The van der Waals surface area contributed by atoms with Crippen molar-refractivity contribution in [2.24, 2.45) is 0 Å². The fourth-order valence-corrected chi connectivity index (χ4v) is 5.13. The van der Waals surface area contributed by atoms with Gasteiger partial charge in [0.05, 0.1) is 5.69 Å². The van der Waals surface area contributed by atoms with Crippen LogP contribution in [0, 0.1) is 5.82 Å². The first-order valence-corrected chi connectivity index (χ1v) is 12.2. The molecule has 3 aliphatic rings. The number of anilines is 1. The molecular weight excluding hydrogens is 449 g/mol. The van der Waals surface area contributed by atoms with Gasteiger partial charge in [-0.25, -0.2) is 4.39 Å². The molecule has 0 radical (unpaired) electrons. The van der Waals surface area contributed by atoms with Crippen LogP contribution in [0.25, 0.3) is 0 Å². The lowest BCUT2D eigenvalue weighted by Gasteiger charge is -2.36. The highest BCUT2D eigenvalue weighted by atomic mass is 19.1. The van der Waals surface area contributed by atoms with E-state index in [2.05, 4.69) is 35.1 Å². The zero-order valence-electron chi connectivity index (χ0n) is 20.1. The van der Waals surface area contributed by atoms with E-state index in [-0.39, 0.29) is 31.2 Å². The number of carbonyl (C=O) groups is 3. The van der Waals surface area contributed by atoms with Crippen molar-refractivity contribution < 1.29 is 18.8 Å². The Morgan fingerprint density at radius 2 is 1.86 bits per heavy atom. The van der Waals surface area contributed by atoms with Crippen LogP contribution >= 0.6 is 0 Å². The second kappa shape index (κ2) is 9.37. The van der Waals surface area contributed by atoms with Gasteiger partial charge in [-0.15, -0.1) is 0 Å². The number of hydrogen-bond donors (Lipinski definition) is 1. The molecule has 8 nitrogen and oxygen atoms in total. The third kappa shape index (κ3) is 4.65. The fraction of sp³-hybridized carbons (Fsp3) is 0.462. The lowest BCUT2D eigenvalue weighted by molar-refractivity contribution is -0.136. The van der Waals surface area contributed by atoms with Gasteiger partial charge in [0.25, 0.3) is 5.91 Å². The molecule has 2 saturated heterocycles. The number of nitrogens with zero attached hydrogens (tertiary/aromatic N) is 4.